The molecule has 56 valence electrons. The van der Waals surface area contributed by atoms with Gasteiger partial charge in [0.15, 0.2) is 0 Å². The molecule has 0 aromatic heterocycles. The summed E-state index contributed by atoms with van der Waals surface area (Å²) in [5.41, 5.74) is 0. The SMILES string of the molecule is FC(F)(F)[CH-]C(F)(F)F.[K+]. The fraction of sp³-hybridized carbons (Fsp3) is 0.667. The first kappa shape index (κ1) is 13.8. The van der Waals surface area contributed by atoms with Gasteiger partial charge in [0, 0.05) is 0 Å². The van der Waals surface area contributed by atoms with E-state index in [-0.39, 0.29) is 51.4 Å². The Balaban J connectivity index is 0. The van der Waals surface area contributed by atoms with Gasteiger partial charge in [-0.25, -0.2) is 26.3 Å². The quantitative estimate of drug-likeness (QED) is 0.270. The molecular formula is C3HF6K. The van der Waals surface area contributed by atoms with E-state index >= 15 is 0 Å². The Kier molecular flexibility index (Phi) is 5.92. The Labute approximate surface area is 95.4 Å². The van der Waals surface area contributed by atoms with Crippen molar-refractivity contribution < 1.29 is 77.7 Å². The van der Waals surface area contributed by atoms with Gasteiger partial charge in [-0.1, -0.05) is 0 Å². The Morgan fingerprint density at radius 3 is 0.900 bits per heavy atom. The topological polar surface area (TPSA) is 0 Å². The third kappa shape index (κ3) is 11.9. The summed E-state index contributed by atoms with van der Waals surface area (Å²) in [6, 6.07) is 0. The van der Waals surface area contributed by atoms with E-state index in [1.807, 2.05) is 0 Å². The van der Waals surface area contributed by atoms with Crippen LogP contribution in [0, 0.1) is 6.42 Å². The van der Waals surface area contributed by atoms with Gasteiger partial charge in [0.2, 0.25) is 0 Å². The minimum atomic E-state index is -5.27. The van der Waals surface area contributed by atoms with Crippen molar-refractivity contribution in [2.75, 3.05) is 0 Å². The summed E-state index contributed by atoms with van der Waals surface area (Å²) in [5.74, 6) is 0. The van der Waals surface area contributed by atoms with Gasteiger partial charge >= 0.3 is 51.4 Å². The molecule has 10 heavy (non-hydrogen) atoms. The van der Waals surface area contributed by atoms with Gasteiger partial charge in [-0.15, -0.1) is 6.42 Å². The molecule has 0 aromatic rings. The molecule has 0 rings (SSSR count). The van der Waals surface area contributed by atoms with Crippen molar-refractivity contribution in [2.24, 2.45) is 0 Å². The van der Waals surface area contributed by atoms with E-state index in [1.165, 1.54) is 0 Å². The minimum Gasteiger partial charge on any atom is -0.207 e. The second-order valence-electron chi connectivity index (χ2n) is 1.23. The third-order valence-corrected chi connectivity index (χ3v) is 0.327. The minimum absolute atomic E-state index is 0. The molecule has 0 saturated heterocycles. The molecule has 0 saturated carbocycles. The molecule has 0 nitrogen and oxygen atoms in total. The molecule has 0 aliphatic heterocycles. The molecule has 0 aromatic carbocycles. The molecule has 0 aliphatic rings. The Hall–Kier alpha value is 1.22. The van der Waals surface area contributed by atoms with Crippen LogP contribution in [0.5, 0.6) is 0 Å². The van der Waals surface area contributed by atoms with Gasteiger partial charge in [0.1, 0.15) is 0 Å². The number of hydrogen-bond acceptors (Lipinski definition) is 0. The molecular weight excluding hydrogens is 189 g/mol. The van der Waals surface area contributed by atoms with Crippen LogP contribution < -0.4 is 51.4 Å². The predicted octanol–water partition coefficient (Wildman–Crippen LogP) is -0.681. The van der Waals surface area contributed by atoms with Crippen LogP contribution in [-0.4, -0.2) is 12.4 Å². The number of halogens is 6. The zero-order valence-corrected chi connectivity index (χ0v) is 7.97. The van der Waals surface area contributed by atoms with Crippen molar-refractivity contribution in [1.29, 1.82) is 0 Å². The molecule has 0 amide bonds. The van der Waals surface area contributed by atoms with Gasteiger partial charge in [-0.2, -0.15) is 0 Å². The maximum atomic E-state index is 10.8. The Bertz CT molecular complexity index is 78.1. The number of rotatable bonds is 0. The molecule has 0 N–H and O–H groups in total. The molecule has 0 atom stereocenters. The van der Waals surface area contributed by atoms with Gasteiger partial charge in [0.05, 0.1) is 0 Å². The molecule has 0 spiro atoms. The van der Waals surface area contributed by atoms with E-state index in [0.717, 1.165) is 0 Å². The van der Waals surface area contributed by atoms with Crippen molar-refractivity contribution >= 4 is 0 Å². The Morgan fingerprint density at radius 1 is 0.700 bits per heavy atom. The van der Waals surface area contributed by atoms with Crippen molar-refractivity contribution in [3.63, 3.8) is 0 Å². The maximum absolute atomic E-state index is 10.8. The first-order chi connectivity index (χ1) is 3.71. The van der Waals surface area contributed by atoms with Crippen LogP contribution in [-0.2, 0) is 0 Å². The largest absolute Gasteiger partial charge is 1.00 e. The summed E-state index contributed by atoms with van der Waals surface area (Å²) in [5, 5.41) is 0. The standard InChI is InChI=1S/C3HF6.K/c4-2(5,6)1-3(7,8)9;/h1H;/q-1;+1. The van der Waals surface area contributed by atoms with E-state index < -0.39 is 18.8 Å². The van der Waals surface area contributed by atoms with E-state index in [0.29, 0.717) is 0 Å². The zero-order valence-electron chi connectivity index (χ0n) is 4.85. The maximum Gasteiger partial charge on any atom is 1.00 e. The van der Waals surface area contributed by atoms with Gasteiger partial charge in [-0.05, 0) is 0 Å². The Morgan fingerprint density at radius 2 is 0.900 bits per heavy atom. The summed E-state index contributed by atoms with van der Waals surface area (Å²) in [6.45, 7) is 0. The normalized spacial score (nSPS) is 12.6. The van der Waals surface area contributed by atoms with Crippen LogP contribution >= 0.6 is 0 Å². The molecule has 0 bridgehead atoms. The van der Waals surface area contributed by atoms with Crippen LogP contribution in [0.2, 0.25) is 0 Å². The monoisotopic (exact) mass is 190 g/mol. The summed E-state index contributed by atoms with van der Waals surface area (Å²) < 4.78 is 64.7. The van der Waals surface area contributed by atoms with Crippen LogP contribution in [0.25, 0.3) is 0 Å². The van der Waals surface area contributed by atoms with Crippen molar-refractivity contribution in [2.45, 2.75) is 12.4 Å². The van der Waals surface area contributed by atoms with Gasteiger partial charge in [-0.3, -0.25) is 0 Å². The second-order valence-corrected chi connectivity index (χ2v) is 1.23. The van der Waals surface area contributed by atoms with E-state index in [9.17, 15) is 26.3 Å². The predicted molar refractivity (Wildman–Crippen MR) is 16.4 cm³/mol. The van der Waals surface area contributed by atoms with E-state index in [4.69, 9.17) is 0 Å². The fourth-order valence-corrected chi connectivity index (χ4v) is 0.186. The molecule has 0 fully saturated rings. The van der Waals surface area contributed by atoms with Gasteiger partial charge in [0.25, 0.3) is 12.4 Å². The van der Waals surface area contributed by atoms with Crippen LogP contribution in [0.1, 0.15) is 0 Å². The summed E-state index contributed by atoms with van der Waals surface area (Å²) >= 11 is 0. The first-order valence-corrected chi connectivity index (χ1v) is 1.71. The first-order valence-electron chi connectivity index (χ1n) is 1.71. The van der Waals surface area contributed by atoms with E-state index in [1.54, 1.807) is 0 Å². The summed E-state index contributed by atoms with van der Waals surface area (Å²) in [4.78, 5) is 0. The molecule has 0 aliphatic carbocycles. The third-order valence-electron chi connectivity index (χ3n) is 0.327. The van der Waals surface area contributed by atoms with Crippen LogP contribution in [0.3, 0.4) is 0 Å². The fourth-order valence-electron chi connectivity index (χ4n) is 0.186. The molecule has 7 heteroatoms. The molecule has 0 unspecified atom stereocenters. The average molecular weight is 190 g/mol. The number of alkyl halides is 6. The van der Waals surface area contributed by atoms with Crippen LogP contribution in [0.4, 0.5) is 26.3 Å². The van der Waals surface area contributed by atoms with Crippen LogP contribution in [0.15, 0.2) is 0 Å². The van der Waals surface area contributed by atoms with Gasteiger partial charge < -0.3 is 0 Å². The van der Waals surface area contributed by atoms with Crippen molar-refractivity contribution in [3.05, 3.63) is 6.42 Å². The van der Waals surface area contributed by atoms with Crippen molar-refractivity contribution in [3.8, 4) is 0 Å². The summed E-state index contributed by atoms with van der Waals surface area (Å²) in [7, 11) is 0. The summed E-state index contributed by atoms with van der Waals surface area (Å²) in [6.07, 6.45) is -12.2. The second kappa shape index (κ2) is 4.29. The number of hydrogen-bond donors (Lipinski definition) is 0. The van der Waals surface area contributed by atoms with E-state index in [2.05, 4.69) is 0 Å². The smallest absolute Gasteiger partial charge is 0.207 e. The van der Waals surface area contributed by atoms with Crippen molar-refractivity contribution in [1.82, 2.24) is 0 Å². The zero-order chi connectivity index (χ0) is 7.71. The average Bonchev–Trinajstić information content (AvgIpc) is 1.14. The molecule has 0 radical (unpaired) electrons. The molecule has 0 heterocycles.